The molecule has 0 spiro atoms. The van der Waals surface area contributed by atoms with Crippen molar-refractivity contribution in [2.75, 3.05) is 32.6 Å². The predicted molar refractivity (Wildman–Crippen MR) is 91.2 cm³/mol. The number of hydrogen-bond acceptors (Lipinski definition) is 3. The number of nitrogens with zero attached hydrogens (tertiary/aromatic N) is 1. The number of benzene rings is 2. The van der Waals surface area contributed by atoms with Gasteiger partial charge in [0, 0.05) is 13.6 Å². The van der Waals surface area contributed by atoms with Gasteiger partial charge in [-0.25, -0.2) is 9.18 Å². The van der Waals surface area contributed by atoms with Crippen molar-refractivity contribution in [2.45, 2.75) is 6.42 Å². The van der Waals surface area contributed by atoms with Crippen molar-refractivity contribution in [2.24, 2.45) is 0 Å². The first kappa shape index (κ1) is 17.6. The maximum absolute atomic E-state index is 12.8. The number of amides is 2. The van der Waals surface area contributed by atoms with E-state index >= 15 is 0 Å². The fourth-order valence-corrected chi connectivity index (χ4v) is 2.08. The van der Waals surface area contributed by atoms with Crippen molar-refractivity contribution in [1.82, 2.24) is 4.90 Å². The van der Waals surface area contributed by atoms with Gasteiger partial charge >= 0.3 is 6.03 Å². The van der Waals surface area contributed by atoms with E-state index < -0.39 is 0 Å². The first-order valence-electron chi connectivity index (χ1n) is 7.63. The highest BCUT2D eigenvalue weighted by Gasteiger charge is 2.11. The van der Waals surface area contributed by atoms with Crippen LogP contribution in [0.2, 0.25) is 0 Å². The molecule has 0 fully saturated rings. The van der Waals surface area contributed by atoms with Gasteiger partial charge in [-0.15, -0.1) is 0 Å². The Labute approximate surface area is 141 Å². The molecular formula is C18H21FN2O3. The van der Waals surface area contributed by atoms with Gasteiger partial charge in [-0.1, -0.05) is 12.1 Å². The molecule has 2 aromatic carbocycles. The Balaban J connectivity index is 1.74. The summed E-state index contributed by atoms with van der Waals surface area (Å²) in [5, 5.41) is 2.81. The summed E-state index contributed by atoms with van der Waals surface area (Å²) in [5.41, 5.74) is 0.624. The Morgan fingerprint density at radius 2 is 1.88 bits per heavy atom. The number of carbonyl (C=O) groups is 1. The van der Waals surface area contributed by atoms with E-state index in [9.17, 15) is 9.18 Å². The first-order valence-corrected chi connectivity index (χ1v) is 7.63. The zero-order valence-electron chi connectivity index (χ0n) is 13.8. The molecule has 0 atom stereocenters. The molecule has 0 saturated heterocycles. The van der Waals surface area contributed by atoms with Gasteiger partial charge in [-0.2, -0.15) is 0 Å². The van der Waals surface area contributed by atoms with E-state index in [1.165, 1.54) is 12.1 Å². The van der Waals surface area contributed by atoms with Crippen LogP contribution in [0.25, 0.3) is 0 Å². The number of anilines is 1. The summed E-state index contributed by atoms with van der Waals surface area (Å²) in [6.07, 6.45) is 0.660. The van der Waals surface area contributed by atoms with E-state index in [0.29, 0.717) is 36.8 Å². The number of para-hydroxylation sites is 2. The van der Waals surface area contributed by atoms with Crippen molar-refractivity contribution >= 4 is 11.7 Å². The second-order valence-electron chi connectivity index (χ2n) is 5.21. The van der Waals surface area contributed by atoms with Crippen LogP contribution in [0.5, 0.6) is 11.5 Å². The minimum atomic E-state index is -0.296. The fraction of sp³-hybridized carbons (Fsp3) is 0.278. The van der Waals surface area contributed by atoms with Crippen LogP contribution in [0.15, 0.2) is 48.5 Å². The normalized spacial score (nSPS) is 10.1. The van der Waals surface area contributed by atoms with Crippen LogP contribution in [0.3, 0.4) is 0 Å². The van der Waals surface area contributed by atoms with Gasteiger partial charge in [-0.3, -0.25) is 0 Å². The molecule has 5 nitrogen and oxygen atoms in total. The number of rotatable bonds is 7. The zero-order chi connectivity index (χ0) is 17.4. The van der Waals surface area contributed by atoms with Gasteiger partial charge in [0.1, 0.15) is 17.3 Å². The average Bonchev–Trinajstić information content (AvgIpc) is 2.60. The van der Waals surface area contributed by atoms with Crippen molar-refractivity contribution in [3.05, 3.63) is 54.3 Å². The molecule has 0 aliphatic rings. The lowest BCUT2D eigenvalue weighted by Gasteiger charge is -2.19. The first-order chi connectivity index (χ1) is 11.6. The third kappa shape index (κ3) is 5.15. The second kappa shape index (κ2) is 8.76. The van der Waals surface area contributed by atoms with Gasteiger partial charge in [0.25, 0.3) is 0 Å². The molecule has 2 rings (SSSR count). The second-order valence-corrected chi connectivity index (χ2v) is 5.21. The highest BCUT2D eigenvalue weighted by molar-refractivity contribution is 5.90. The molecule has 0 aromatic heterocycles. The molecule has 24 heavy (non-hydrogen) atoms. The predicted octanol–water partition coefficient (Wildman–Crippen LogP) is 3.77. The lowest BCUT2D eigenvalue weighted by molar-refractivity contribution is 0.216. The maximum Gasteiger partial charge on any atom is 0.321 e. The van der Waals surface area contributed by atoms with Crippen LogP contribution in [0.1, 0.15) is 6.42 Å². The Hall–Kier alpha value is -2.76. The van der Waals surface area contributed by atoms with Crippen molar-refractivity contribution in [1.29, 1.82) is 0 Å². The van der Waals surface area contributed by atoms with Gasteiger partial charge < -0.3 is 19.7 Å². The minimum Gasteiger partial charge on any atom is -0.495 e. The number of hydrogen-bond donors (Lipinski definition) is 1. The molecule has 0 aliphatic carbocycles. The Kier molecular flexibility index (Phi) is 6.42. The molecule has 2 amide bonds. The van der Waals surface area contributed by atoms with Crippen LogP contribution in [0.4, 0.5) is 14.9 Å². The van der Waals surface area contributed by atoms with Crippen LogP contribution in [-0.2, 0) is 0 Å². The molecule has 0 bridgehead atoms. The number of carbonyl (C=O) groups excluding carboxylic acids is 1. The quantitative estimate of drug-likeness (QED) is 0.785. The van der Waals surface area contributed by atoms with Crippen molar-refractivity contribution in [3.8, 4) is 11.5 Å². The third-order valence-electron chi connectivity index (χ3n) is 3.42. The molecule has 128 valence electrons. The zero-order valence-corrected chi connectivity index (χ0v) is 13.8. The average molecular weight is 332 g/mol. The molecule has 0 radical (unpaired) electrons. The van der Waals surface area contributed by atoms with Gasteiger partial charge in [0.2, 0.25) is 0 Å². The highest BCUT2D eigenvalue weighted by atomic mass is 19.1. The molecule has 2 aromatic rings. The fourth-order valence-electron chi connectivity index (χ4n) is 2.08. The molecular weight excluding hydrogens is 311 g/mol. The van der Waals surface area contributed by atoms with Crippen LogP contribution in [-0.4, -0.2) is 38.2 Å². The molecule has 0 unspecified atom stereocenters. The highest BCUT2D eigenvalue weighted by Crippen LogP contribution is 2.23. The third-order valence-corrected chi connectivity index (χ3v) is 3.42. The minimum absolute atomic E-state index is 0.221. The number of halogens is 1. The lowest BCUT2D eigenvalue weighted by atomic mass is 10.3. The molecule has 0 heterocycles. The van der Waals surface area contributed by atoms with Crippen LogP contribution >= 0.6 is 0 Å². The van der Waals surface area contributed by atoms with E-state index in [1.54, 1.807) is 43.3 Å². The molecule has 0 aliphatic heterocycles. The van der Waals surface area contributed by atoms with Crippen molar-refractivity contribution in [3.63, 3.8) is 0 Å². The Morgan fingerprint density at radius 3 is 2.58 bits per heavy atom. The topological polar surface area (TPSA) is 50.8 Å². The summed E-state index contributed by atoms with van der Waals surface area (Å²) in [5.74, 6) is 0.923. The van der Waals surface area contributed by atoms with Gasteiger partial charge in [0.05, 0.1) is 19.4 Å². The summed E-state index contributed by atoms with van der Waals surface area (Å²) in [7, 11) is 3.27. The number of methoxy groups -OCH3 is 1. The van der Waals surface area contributed by atoms with E-state index in [2.05, 4.69) is 5.32 Å². The smallest absolute Gasteiger partial charge is 0.321 e. The van der Waals surface area contributed by atoms with E-state index in [-0.39, 0.29) is 11.8 Å². The SMILES string of the molecule is COc1ccccc1NC(=O)N(C)CCCOc1ccc(F)cc1. The number of nitrogens with one attached hydrogen (secondary N) is 1. The summed E-state index contributed by atoms with van der Waals surface area (Å²) in [4.78, 5) is 13.7. The Bertz CT molecular complexity index is 662. The van der Waals surface area contributed by atoms with Gasteiger partial charge in [-0.05, 0) is 42.8 Å². The lowest BCUT2D eigenvalue weighted by Crippen LogP contribution is -2.32. The van der Waals surface area contributed by atoms with Crippen LogP contribution in [0, 0.1) is 5.82 Å². The number of ether oxygens (including phenoxy) is 2. The maximum atomic E-state index is 12.8. The summed E-state index contributed by atoms with van der Waals surface area (Å²) >= 11 is 0. The summed E-state index contributed by atoms with van der Waals surface area (Å²) in [6, 6.07) is 12.9. The van der Waals surface area contributed by atoms with E-state index in [4.69, 9.17) is 9.47 Å². The molecule has 1 N–H and O–H groups in total. The molecule has 0 saturated carbocycles. The van der Waals surface area contributed by atoms with Crippen molar-refractivity contribution < 1.29 is 18.7 Å². The summed E-state index contributed by atoms with van der Waals surface area (Å²) < 4.78 is 23.5. The molecule has 6 heteroatoms. The Morgan fingerprint density at radius 1 is 1.17 bits per heavy atom. The van der Waals surface area contributed by atoms with E-state index in [1.807, 2.05) is 12.1 Å². The van der Waals surface area contributed by atoms with E-state index in [0.717, 1.165) is 0 Å². The largest absolute Gasteiger partial charge is 0.495 e. The number of urea groups is 1. The standard InChI is InChI=1S/C18H21FN2O3/c1-21(12-5-13-24-15-10-8-14(19)9-11-15)18(22)20-16-6-3-4-7-17(16)23-2/h3-4,6-11H,5,12-13H2,1-2H3,(H,20,22). The van der Waals surface area contributed by atoms with Crippen LogP contribution < -0.4 is 14.8 Å². The monoisotopic (exact) mass is 332 g/mol. The summed E-state index contributed by atoms with van der Waals surface area (Å²) in [6.45, 7) is 0.972. The van der Waals surface area contributed by atoms with Gasteiger partial charge in [0.15, 0.2) is 0 Å².